The molecule has 7 nitrogen and oxygen atoms in total. The van der Waals surface area contributed by atoms with E-state index in [0.29, 0.717) is 11.8 Å². The number of carbonyl (C=O) groups is 1. The van der Waals surface area contributed by atoms with Crippen molar-refractivity contribution in [3.05, 3.63) is 30.2 Å². The highest BCUT2D eigenvalue weighted by Crippen LogP contribution is 2.20. The van der Waals surface area contributed by atoms with Crippen molar-refractivity contribution in [1.29, 1.82) is 0 Å². The highest BCUT2D eigenvalue weighted by molar-refractivity contribution is 5.91. The van der Waals surface area contributed by atoms with Gasteiger partial charge in [-0.25, -0.2) is 9.97 Å². The van der Waals surface area contributed by atoms with Gasteiger partial charge >= 0.3 is 0 Å². The Balaban J connectivity index is 2.36. The van der Waals surface area contributed by atoms with Crippen LogP contribution in [0.2, 0.25) is 0 Å². The molecular weight excluding hydrogens is 256 g/mol. The molecule has 0 bridgehead atoms. The molecule has 106 valence electrons. The van der Waals surface area contributed by atoms with E-state index in [0.717, 1.165) is 5.69 Å². The van der Waals surface area contributed by atoms with Crippen molar-refractivity contribution in [2.45, 2.75) is 19.8 Å². The van der Waals surface area contributed by atoms with E-state index in [1.807, 2.05) is 19.9 Å². The molecular formula is C13H18N6O. The molecule has 20 heavy (non-hydrogen) atoms. The SMILES string of the molecule is CNCC(=O)Nc1cc(C(C)C)nn1-c1ncccn1. The fourth-order valence-electron chi connectivity index (χ4n) is 1.67. The maximum Gasteiger partial charge on any atom is 0.252 e. The summed E-state index contributed by atoms with van der Waals surface area (Å²) >= 11 is 0. The molecule has 0 spiro atoms. The largest absolute Gasteiger partial charge is 0.311 e. The molecule has 2 heterocycles. The Labute approximate surface area is 117 Å². The molecule has 1 amide bonds. The van der Waals surface area contributed by atoms with Crippen LogP contribution in [0.25, 0.3) is 5.95 Å². The Morgan fingerprint density at radius 3 is 2.65 bits per heavy atom. The first kappa shape index (κ1) is 14.1. The molecule has 0 aliphatic carbocycles. The Hall–Kier alpha value is -2.28. The molecule has 0 radical (unpaired) electrons. The van der Waals surface area contributed by atoms with Gasteiger partial charge in [0.2, 0.25) is 5.91 Å². The summed E-state index contributed by atoms with van der Waals surface area (Å²) in [7, 11) is 1.72. The fourth-order valence-corrected chi connectivity index (χ4v) is 1.67. The van der Waals surface area contributed by atoms with E-state index >= 15 is 0 Å². The normalized spacial score (nSPS) is 10.8. The molecule has 2 aromatic heterocycles. The summed E-state index contributed by atoms with van der Waals surface area (Å²) in [6.45, 7) is 4.31. The van der Waals surface area contributed by atoms with Gasteiger partial charge in [0.1, 0.15) is 5.82 Å². The minimum absolute atomic E-state index is 0.139. The molecule has 2 rings (SSSR count). The smallest absolute Gasteiger partial charge is 0.252 e. The molecule has 2 N–H and O–H groups in total. The topological polar surface area (TPSA) is 84.7 Å². The van der Waals surface area contributed by atoms with E-state index in [4.69, 9.17) is 0 Å². The molecule has 0 aromatic carbocycles. The monoisotopic (exact) mass is 274 g/mol. The van der Waals surface area contributed by atoms with Gasteiger partial charge < -0.3 is 10.6 Å². The maximum absolute atomic E-state index is 11.7. The molecule has 2 aromatic rings. The van der Waals surface area contributed by atoms with Crippen LogP contribution in [0.15, 0.2) is 24.5 Å². The minimum atomic E-state index is -0.139. The number of carbonyl (C=O) groups excluding carboxylic acids is 1. The van der Waals surface area contributed by atoms with Crippen molar-refractivity contribution >= 4 is 11.7 Å². The van der Waals surface area contributed by atoms with Crippen LogP contribution in [0.4, 0.5) is 5.82 Å². The number of amides is 1. The summed E-state index contributed by atoms with van der Waals surface area (Å²) < 4.78 is 1.54. The highest BCUT2D eigenvalue weighted by atomic mass is 16.2. The zero-order valence-electron chi connectivity index (χ0n) is 11.8. The van der Waals surface area contributed by atoms with Gasteiger partial charge in [-0.05, 0) is 19.0 Å². The number of hydrogen-bond donors (Lipinski definition) is 2. The first-order chi connectivity index (χ1) is 9.61. The van der Waals surface area contributed by atoms with Gasteiger partial charge in [0.25, 0.3) is 5.95 Å². The molecule has 0 aliphatic rings. The Morgan fingerprint density at radius 2 is 2.05 bits per heavy atom. The van der Waals surface area contributed by atoms with Crippen LogP contribution in [-0.4, -0.2) is 39.2 Å². The molecule has 0 aliphatic heterocycles. The summed E-state index contributed by atoms with van der Waals surface area (Å²) in [6.07, 6.45) is 3.27. The van der Waals surface area contributed by atoms with E-state index in [1.54, 1.807) is 30.2 Å². The third kappa shape index (κ3) is 3.18. The third-order valence-corrected chi connectivity index (χ3v) is 2.67. The third-order valence-electron chi connectivity index (χ3n) is 2.67. The van der Waals surface area contributed by atoms with Gasteiger partial charge in [-0.3, -0.25) is 4.79 Å². The molecule has 0 saturated carbocycles. The second kappa shape index (κ2) is 6.25. The summed E-state index contributed by atoms with van der Waals surface area (Å²) in [4.78, 5) is 20.0. The lowest BCUT2D eigenvalue weighted by Crippen LogP contribution is -2.26. The number of hydrogen-bond acceptors (Lipinski definition) is 5. The van der Waals surface area contributed by atoms with E-state index in [9.17, 15) is 4.79 Å². The number of likely N-dealkylation sites (N-methyl/N-ethyl adjacent to an activating group) is 1. The lowest BCUT2D eigenvalue weighted by atomic mass is 10.1. The van der Waals surface area contributed by atoms with E-state index in [2.05, 4.69) is 25.7 Å². The second-order valence-corrected chi connectivity index (χ2v) is 4.65. The first-order valence-corrected chi connectivity index (χ1v) is 6.43. The number of rotatable bonds is 5. The fraction of sp³-hybridized carbons (Fsp3) is 0.385. The minimum Gasteiger partial charge on any atom is -0.311 e. The summed E-state index contributed by atoms with van der Waals surface area (Å²) in [6, 6.07) is 3.57. The molecule has 0 saturated heterocycles. The van der Waals surface area contributed by atoms with Crippen LogP contribution in [0.1, 0.15) is 25.5 Å². The predicted octanol–water partition coefficient (Wildman–Crippen LogP) is 0.944. The van der Waals surface area contributed by atoms with Gasteiger partial charge in [0.15, 0.2) is 0 Å². The first-order valence-electron chi connectivity index (χ1n) is 6.43. The van der Waals surface area contributed by atoms with Crippen molar-refractivity contribution in [3.8, 4) is 5.95 Å². The van der Waals surface area contributed by atoms with Crippen LogP contribution in [-0.2, 0) is 4.79 Å². The van der Waals surface area contributed by atoms with Gasteiger partial charge in [-0.1, -0.05) is 13.8 Å². The lowest BCUT2D eigenvalue weighted by Gasteiger charge is -2.06. The lowest BCUT2D eigenvalue weighted by molar-refractivity contribution is -0.115. The summed E-state index contributed by atoms with van der Waals surface area (Å²) in [5, 5.41) is 10.1. The van der Waals surface area contributed by atoms with Crippen LogP contribution in [0.3, 0.4) is 0 Å². The van der Waals surface area contributed by atoms with E-state index in [-0.39, 0.29) is 18.4 Å². The molecule has 0 atom stereocenters. The predicted molar refractivity (Wildman–Crippen MR) is 75.8 cm³/mol. The van der Waals surface area contributed by atoms with Crippen LogP contribution < -0.4 is 10.6 Å². The molecule has 0 unspecified atom stereocenters. The average molecular weight is 274 g/mol. The van der Waals surface area contributed by atoms with Gasteiger partial charge in [-0.2, -0.15) is 9.78 Å². The molecule has 7 heteroatoms. The van der Waals surface area contributed by atoms with Crippen molar-refractivity contribution < 1.29 is 4.79 Å². The Morgan fingerprint density at radius 1 is 1.35 bits per heavy atom. The number of nitrogens with one attached hydrogen (secondary N) is 2. The molecule has 0 fully saturated rings. The van der Waals surface area contributed by atoms with Crippen LogP contribution in [0, 0.1) is 0 Å². The van der Waals surface area contributed by atoms with Crippen molar-refractivity contribution in [1.82, 2.24) is 25.1 Å². The zero-order chi connectivity index (χ0) is 14.5. The van der Waals surface area contributed by atoms with Crippen molar-refractivity contribution in [2.24, 2.45) is 0 Å². The van der Waals surface area contributed by atoms with Gasteiger partial charge in [0.05, 0.1) is 12.2 Å². The zero-order valence-corrected chi connectivity index (χ0v) is 11.8. The number of anilines is 1. The summed E-state index contributed by atoms with van der Waals surface area (Å²) in [5.74, 6) is 1.11. The second-order valence-electron chi connectivity index (χ2n) is 4.65. The number of nitrogens with zero attached hydrogens (tertiary/aromatic N) is 4. The van der Waals surface area contributed by atoms with Crippen LogP contribution >= 0.6 is 0 Å². The van der Waals surface area contributed by atoms with Crippen LogP contribution in [0.5, 0.6) is 0 Å². The quantitative estimate of drug-likeness (QED) is 0.847. The van der Waals surface area contributed by atoms with Gasteiger partial charge in [0, 0.05) is 18.5 Å². The highest BCUT2D eigenvalue weighted by Gasteiger charge is 2.15. The van der Waals surface area contributed by atoms with Crippen molar-refractivity contribution in [2.75, 3.05) is 18.9 Å². The standard InChI is InChI=1S/C13H18N6O/c1-9(2)10-7-11(17-12(20)8-14-3)19(18-10)13-15-5-4-6-16-13/h4-7,9,14H,8H2,1-3H3,(H,17,20). The number of aromatic nitrogens is 4. The van der Waals surface area contributed by atoms with Crippen molar-refractivity contribution in [3.63, 3.8) is 0 Å². The maximum atomic E-state index is 11.7. The van der Waals surface area contributed by atoms with Gasteiger partial charge in [-0.15, -0.1) is 0 Å². The Bertz CT molecular complexity index is 578. The van der Waals surface area contributed by atoms with E-state index in [1.165, 1.54) is 0 Å². The van der Waals surface area contributed by atoms with E-state index < -0.39 is 0 Å². The average Bonchev–Trinajstić information content (AvgIpc) is 2.84. The summed E-state index contributed by atoms with van der Waals surface area (Å²) in [5.41, 5.74) is 0.872. The Kier molecular flexibility index (Phi) is 4.41.